The third-order valence-electron chi connectivity index (χ3n) is 4.04. The molecule has 5 nitrogen and oxygen atoms in total. The SMILES string of the molecule is CCc1ccc(/C=C/C(=O)Nc2cc(S(N)(=O)=O)cc(C)c2C)cc1. The Bertz CT molecular complexity index is 914. The van der Waals surface area contributed by atoms with E-state index in [9.17, 15) is 13.2 Å². The second kappa shape index (κ2) is 7.63. The van der Waals surface area contributed by atoms with Crippen molar-refractivity contribution in [2.24, 2.45) is 5.14 Å². The van der Waals surface area contributed by atoms with E-state index < -0.39 is 10.0 Å². The summed E-state index contributed by atoms with van der Waals surface area (Å²) in [5.41, 5.74) is 4.11. The Morgan fingerprint density at radius 1 is 1.16 bits per heavy atom. The van der Waals surface area contributed by atoms with Gasteiger partial charge in [0.15, 0.2) is 0 Å². The Morgan fingerprint density at radius 3 is 2.36 bits per heavy atom. The maximum absolute atomic E-state index is 12.2. The highest BCUT2D eigenvalue weighted by Crippen LogP contribution is 2.23. The number of amides is 1. The largest absolute Gasteiger partial charge is 0.322 e. The van der Waals surface area contributed by atoms with Crippen LogP contribution in [0, 0.1) is 13.8 Å². The number of rotatable bonds is 5. The number of nitrogens with one attached hydrogen (secondary N) is 1. The minimum atomic E-state index is -3.83. The summed E-state index contributed by atoms with van der Waals surface area (Å²) in [5.74, 6) is -0.339. The first kappa shape index (κ1) is 18.9. The minimum absolute atomic E-state index is 0.0231. The molecule has 0 saturated carbocycles. The molecule has 0 bridgehead atoms. The van der Waals surface area contributed by atoms with Crippen LogP contribution in [-0.2, 0) is 21.2 Å². The summed E-state index contributed by atoms with van der Waals surface area (Å²) in [4.78, 5) is 12.1. The van der Waals surface area contributed by atoms with E-state index in [2.05, 4.69) is 12.2 Å². The van der Waals surface area contributed by atoms with Crippen LogP contribution in [0.2, 0.25) is 0 Å². The average Bonchev–Trinajstić information content (AvgIpc) is 2.56. The molecule has 0 spiro atoms. The van der Waals surface area contributed by atoms with E-state index in [1.807, 2.05) is 31.2 Å². The standard InChI is InChI=1S/C19H22N2O3S/c1-4-15-5-7-16(8-6-15)9-10-19(22)21-18-12-17(25(20,23)24)11-13(2)14(18)3/h5-12H,4H2,1-3H3,(H,21,22)(H2,20,23,24)/b10-9+. The van der Waals surface area contributed by atoms with Crippen molar-refractivity contribution in [2.75, 3.05) is 5.32 Å². The third-order valence-corrected chi connectivity index (χ3v) is 4.94. The molecule has 0 radical (unpaired) electrons. The summed E-state index contributed by atoms with van der Waals surface area (Å²) >= 11 is 0. The lowest BCUT2D eigenvalue weighted by atomic mass is 10.1. The summed E-state index contributed by atoms with van der Waals surface area (Å²) in [6, 6.07) is 10.8. The number of carbonyl (C=O) groups excluding carboxylic acids is 1. The van der Waals surface area contributed by atoms with Crippen LogP contribution in [0.25, 0.3) is 6.08 Å². The van der Waals surface area contributed by atoms with Crippen LogP contribution in [0.4, 0.5) is 5.69 Å². The van der Waals surface area contributed by atoms with Gasteiger partial charge in [-0.15, -0.1) is 0 Å². The highest BCUT2D eigenvalue weighted by atomic mass is 32.2. The fourth-order valence-electron chi connectivity index (χ4n) is 2.33. The molecule has 6 heteroatoms. The van der Waals surface area contributed by atoms with Crippen LogP contribution < -0.4 is 10.5 Å². The summed E-state index contributed by atoms with van der Waals surface area (Å²) in [6.45, 7) is 5.66. The Labute approximate surface area is 148 Å². The summed E-state index contributed by atoms with van der Waals surface area (Å²) in [5, 5.41) is 7.89. The molecule has 0 unspecified atom stereocenters. The Morgan fingerprint density at radius 2 is 1.80 bits per heavy atom. The lowest BCUT2D eigenvalue weighted by molar-refractivity contribution is -0.111. The van der Waals surface area contributed by atoms with Crippen LogP contribution in [0.3, 0.4) is 0 Å². The molecule has 0 aromatic heterocycles. The lowest BCUT2D eigenvalue weighted by Gasteiger charge is -2.11. The van der Waals surface area contributed by atoms with Gasteiger partial charge < -0.3 is 5.32 Å². The first-order valence-corrected chi connectivity index (χ1v) is 9.47. The van der Waals surface area contributed by atoms with Crippen molar-refractivity contribution in [2.45, 2.75) is 32.1 Å². The van der Waals surface area contributed by atoms with Crippen LogP contribution in [0.5, 0.6) is 0 Å². The van der Waals surface area contributed by atoms with Crippen LogP contribution >= 0.6 is 0 Å². The van der Waals surface area contributed by atoms with Crippen molar-refractivity contribution in [3.8, 4) is 0 Å². The average molecular weight is 358 g/mol. The van der Waals surface area contributed by atoms with Crippen LogP contribution in [0.1, 0.15) is 29.2 Å². The fourth-order valence-corrected chi connectivity index (χ4v) is 2.95. The van der Waals surface area contributed by atoms with E-state index in [1.165, 1.54) is 23.8 Å². The van der Waals surface area contributed by atoms with Gasteiger partial charge in [0.25, 0.3) is 0 Å². The minimum Gasteiger partial charge on any atom is -0.322 e. The number of hydrogen-bond donors (Lipinski definition) is 2. The summed E-state index contributed by atoms with van der Waals surface area (Å²) in [7, 11) is -3.83. The zero-order valence-electron chi connectivity index (χ0n) is 14.5. The molecule has 0 aliphatic carbocycles. The van der Waals surface area contributed by atoms with Gasteiger partial charge in [-0.1, -0.05) is 31.2 Å². The molecular formula is C19H22N2O3S. The van der Waals surface area contributed by atoms with Gasteiger partial charge in [-0.25, -0.2) is 13.6 Å². The quantitative estimate of drug-likeness (QED) is 0.805. The number of sulfonamides is 1. The van der Waals surface area contributed by atoms with Gasteiger partial charge in [0, 0.05) is 11.8 Å². The molecule has 25 heavy (non-hydrogen) atoms. The number of anilines is 1. The molecule has 1 amide bonds. The number of hydrogen-bond acceptors (Lipinski definition) is 3. The Hall–Kier alpha value is -2.44. The second-order valence-corrected chi connectivity index (χ2v) is 7.44. The Balaban J connectivity index is 2.19. The lowest BCUT2D eigenvalue weighted by Crippen LogP contribution is -2.15. The van der Waals surface area contributed by atoms with E-state index >= 15 is 0 Å². The van der Waals surface area contributed by atoms with Gasteiger partial charge in [0.05, 0.1) is 4.90 Å². The molecular weight excluding hydrogens is 336 g/mol. The molecule has 0 aliphatic rings. The zero-order valence-corrected chi connectivity index (χ0v) is 15.4. The zero-order chi connectivity index (χ0) is 18.6. The van der Waals surface area contributed by atoms with Crippen molar-refractivity contribution in [1.29, 1.82) is 0 Å². The van der Waals surface area contributed by atoms with E-state index in [0.29, 0.717) is 5.69 Å². The van der Waals surface area contributed by atoms with Crippen molar-refractivity contribution < 1.29 is 13.2 Å². The molecule has 2 aromatic carbocycles. The monoisotopic (exact) mass is 358 g/mol. The molecule has 0 atom stereocenters. The van der Waals surface area contributed by atoms with Gasteiger partial charge in [-0.2, -0.15) is 0 Å². The molecule has 2 rings (SSSR count). The summed E-state index contributed by atoms with van der Waals surface area (Å²) in [6.07, 6.45) is 4.09. The van der Waals surface area contributed by atoms with Gasteiger partial charge in [-0.3, -0.25) is 4.79 Å². The normalized spacial score (nSPS) is 11.7. The maximum Gasteiger partial charge on any atom is 0.248 e. The van der Waals surface area contributed by atoms with Crippen molar-refractivity contribution in [3.05, 3.63) is 64.7 Å². The van der Waals surface area contributed by atoms with E-state index in [0.717, 1.165) is 23.1 Å². The van der Waals surface area contributed by atoms with E-state index in [1.54, 1.807) is 13.0 Å². The van der Waals surface area contributed by atoms with Crippen LogP contribution in [-0.4, -0.2) is 14.3 Å². The van der Waals surface area contributed by atoms with Gasteiger partial charge >= 0.3 is 0 Å². The molecule has 3 N–H and O–H groups in total. The molecule has 0 aliphatic heterocycles. The topological polar surface area (TPSA) is 89.3 Å². The highest BCUT2D eigenvalue weighted by molar-refractivity contribution is 7.89. The smallest absolute Gasteiger partial charge is 0.248 e. The summed E-state index contributed by atoms with van der Waals surface area (Å²) < 4.78 is 23.1. The predicted octanol–water partition coefficient (Wildman–Crippen LogP) is 3.17. The van der Waals surface area contributed by atoms with Crippen LogP contribution in [0.15, 0.2) is 47.4 Å². The number of primary sulfonamides is 1. The highest BCUT2D eigenvalue weighted by Gasteiger charge is 2.13. The third kappa shape index (κ3) is 5.01. The number of benzene rings is 2. The number of nitrogens with two attached hydrogens (primary N) is 1. The molecule has 132 valence electrons. The maximum atomic E-state index is 12.2. The molecule has 0 heterocycles. The van der Waals surface area contributed by atoms with Gasteiger partial charge in [0.2, 0.25) is 15.9 Å². The van der Waals surface area contributed by atoms with Crippen molar-refractivity contribution in [1.82, 2.24) is 0 Å². The molecule has 0 fully saturated rings. The number of carbonyl (C=O) groups is 1. The van der Waals surface area contributed by atoms with Gasteiger partial charge in [0.1, 0.15) is 0 Å². The van der Waals surface area contributed by atoms with E-state index in [-0.39, 0.29) is 10.8 Å². The second-order valence-electron chi connectivity index (χ2n) is 5.88. The van der Waals surface area contributed by atoms with Crippen molar-refractivity contribution >= 4 is 27.7 Å². The first-order chi connectivity index (χ1) is 11.7. The predicted molar refractivity (Wildman–Crippen MR) is 101 cm³/mol. The molecule has 0 saturated heterocycles. The van der Waals surface area contributed by atoms with Crippen molar-refractivity contribution in [3.63, 3.8) is 0 Å². The van der Waals surface area contributed by atoms with Gasteiger partial charge in [-0.05, 0) is 60.7 Å². The van der Waals surface area contributed by atoms with E-state index in [4.69, 9.17) is 5.14 Å². The first-order valence-electron chi connectivity index (χ1n) is 7.92. The fraction of sp³-hybridized carbons (Fsp3) is 0.211. The molecule has 2 aromatic rings. The Kier molecular flexibility index (Phi) is 5.77. The number of aryl methyl sites for hydroxylation is 2.